The van der Waals surface area contributed by atoms with Crippen LogP contribution in [0.5, 0.6) is 11.6 Å². The van der Waals surface area contributed by atoms with E-state index in [-0.39, 0.29) is 48.1 Å². The van der Waals surface area contributed by atoms with Gasteiger partial charge in [0.25, 0.3) is 5.85 Å². The highest BCUT2D eigenvalue weighted by molar-refractivity contribution is 7.52. The van der Waals surface area contributed by atoms with Crippen LogP contribution in [0.1, 0.15) is 52.7 Å². The number of para-hydroxylation sites is 1. The van der Waals surface area contributed by atoms with Gasteiger partial charge in [0.1, 0.15) is 12.4 Å². The number of nitrogens with one attached hydrogen (secondary N) is 1. The van der Waals surface area contributed by atoms with E-state index in [0.717, 1.165) is 43.5 Å². The van der Waals surface area contributed by atoms with E-state index in [1.54, 1.807) is 44.2 Å². The Labute approximate surface area is 247 Å². The molecule has 13 nitrogen and oxygen atoms in total. The van der Waals surface area contributed by atoms with Crippen molar-refractivity contribution in [2.45, 2.75) is 82.5 Å². The topological polar surface area (TPSA) is 165 Å². The van der Waals surface area contributed by atoms with Crippen LogP contribution in [0.25, 0.3) is 11.2 Å². The zero-order valence-electron chi connectivity index (χ0n) is 24.2. The fourth-order valence-electron chi connectivity index (χ4n) is 5.20. The first kappa shape index (κ1) is 31.5. The summed E-state index contributed by atoms with van der Waals surface area (Å²) in [6.45, 7) is 3.70. The van der Waals surface area contributed by atoms with Crippen molar-refractivity contribution in [2.24, 2.45) is 0 Å². The van der Waals surface area contributed by atoms with E-state index in [0.29, 0.717) is 0 Å². The van der Waals surface area contributed by atoms with Gasteiger partial charge in [-0.15, -0.1) is 0 Å². The summed E-state index contributed by atoms with van der Waals surface area (Å²) in [5.41, 5.74) is 3.21. The maximum atomic E-state index is 16.3. The Morgan fingerprint density at radius 3 is 2.67 bits per heavy atom. The summed E-state index contributed by atoms with van der Waals surface area (Å²) in [7, 11) is -4.32. The zero-order chi connectivity index (χ0) is 30.8. The first-order valence-electron chi connectivity index (χ1n) is 14.2. The third-order valence-electron chi connectivity index (χ3n) is 7.34. The number of benzene rings is 1. The van der Waals surface area contributed by atoms with E-state index in [1.807, 2.05) is 0 Å². The Bertz CT molecular complexity index is 1440. The smallest absolute Gasteiger partial charge is 0.459 e. The maximum absolute atomic E-state index is 16.3. The molecule has 1 aliphatic heterocycles. The van der Waals surface area contributed by atoms with E-state index in [4.69, 9.17) is 29.0 Å². The number of ether oxygens (including phenoxy) is 3. The second-order valence-electron chi connectivity index (χ2n) is 10.9. The van der Waals surface area contributed by atoms with Crippen LogP contribution in [0.2, 0.25) is 0 Å². The molecule has 4 N–H and O–H groups in total. The lowest BCUT2D eigenvalue weighted by Gasteiger charge is -2.28. The number of anilines is 1. The second kappa shape index (κ2) is 12.6. The van der Waals surface area contributed by atoms with Gasteiger partial charge in [0, 0.05) is 6.04 Å². The highest BCUT2D eigenvalue weighted by Gasteiger charge is 2.65. The molecular formula is C27H37F2N6O7P. The number of nitrogen functional groups attached to an aromatic ring is 1. The van der Waals surface area contributed by atoms with Crippen LogP contribution < -0.4 is 20.1 Å². The Hall–Kier alpha value is -2.94. The number of alkyl halides is 2. The van der Waals surface area contributed by atoms with Crippen LogP contribution in [0, 0.1) is 0 Å². The van der Waals surface area contributed by atoms with E-state index < -0.39 is 44.3 Å². The molecule has 3 heterocycles. The fourth-order valence-corrected chi connectivity index (χ4v) is 6.74. The third kappa shape index (κ3) is 6.76. The van der Waals surface area contributed by atoms with Crippen molar-refractivity contribution >= 4 is 24.9 Å². The van der Waals surface area contributed by atoms with Crippen LogP contribution in [-0.4, -0.2) is 74.2 Å². The molecule has 1 saturated carbocycles. The van der Waals surface area contributed by atoms with Crippen molar-refractivity contribution in [1.82, 2.24) is 24.6 Å². The largest absolute Gasteiger partial charge is 0.476 e. The number of aromatic nitrogens is 4. The first-order valence-corrected chi connectivity index (χ1v) is 15.7. The molecule has 1 aromatic carbocycles. The van der Waals surface area contributed by atoms with Crippen LogP contribution in [0.4, 0.5) is 14.7 Å². The average Bonchev–Trinajstić information content (AvgIpc) is 3.67. The summed E-state index contributed by atoms with van der Waals surface area (Å²) in [4.78, 5) is 12.2. The molecule has 16 heteroatoms. The van der Waals surface area contributed by atoms with Crippen molar-refractivity contribution in [2.75, 3.05) is 25.6 Å². The van der Waals surface area contributed by atoms with Gasteiger partial charge in [0.05, 0.1) is 25.6 Å². The molecule has 1 aliphatic carbocycles. The summed E-state index contributed by atoms with van der Waals surface area (Å²) in [5, 5.41) is 13.6. The second-order valence-corrected chi connectivity index (χ2v) is 12.6. The molecule has 3 aromatic rings. The van der Waals surface area contributed by atoms with Gasteiger partial charge < -0.3 is 29.6 Å². The lowest BCUT2D eigenvalue weighted by Crippen LogP contribution is -2.47. The van der Waals surface area contributed by atoms with Crippen molar-refractivity contribution < 1.29 is 41.7 Å². The molecule has 0 radical (unpaired) electrons. The summed E-state index contributed by atoms with van der Waals surface area (Å²) in [6, 6.07) is 7.63. The van der Waals surface area contributed by atoms with Crippen molar-refractivity contribution in [3.8, 4) is 11.6 Å². The number of nitrogens with zero attached hydrogens (tertiary/aromatic N) is 4. The standard InChI is InChI=1S/C27H37F2N6O7P/c1-4-38-22-20-21(32-25(30)33-22)35(16-31-20)24-26(3,28)23(36)27(29,41-24)15-40-43(37,42-19-12-6-5-7-13-19)34-17(2)14-39-18-10-8-9-11-18/h5-7,12-13,16-18,23-24,36H,4,8-11,14-15H2,1-3H3,(H,34,37)(H2,30,32,33). The zero-order valence-corrected chi connectivity index (χ0v) is 25.1. The molecule has 2 fully saturated rings. The van der Waals surface area contributed by atoms with Crippen molar-refractivity contribution in [3.05, 3.63) is 36.7 Å². The minimum atomic E-state index is -4.32. The highest BCUT2D eigenvalue weighted by Crippen LogP contribution is 2.52. The number of halogens is 2. The average molecular weight is 627 g/mol. The Morgan fingerprint density at radius 2 is 1.98 bits per heavy atom. The van der Waals surface area contributed by atoms with Gasteiger partial charge in [-0.2, -0.15) is 9.97 Å². The number of aliphatic hydroxyl groups is 1. The monoisotopic (exact) mass is 626 g/mol. The molecule has 2 aromatic heterocycles. The number of rotatable bonds is 13. The Balaban J connectivity index is 1.36. The molecular weight excluding hydrogens is 589 g/mol. The number of nitrogens with two attached hydrogens (primary N) is 1. The normalized spacial score (nSPS) is 28.2. The van der Waals surface area contributed by atoms with Crippen LogP contribution in [-0.2, 0) is 18.6 Å². The minimum Gasteiger partial charge on any atom is -0.476 e. The maximum Gasteiger partial charge on any atom is 0.459 e. The number of imidazole rings is 1. The van der Waals surface area contributed by atoms with E-state index in [1.165, 1.54) is 0 Å². The molecule has 6 atom stereocenters. The van der Waals surface area contributed by atoms with Gasteiger partial charge in [0.15, 0.2) is 29.2 Å². The quantitative estimate of drug-likeness (QED) is 0.232. The predicted octanol–water partition coefficient (Wildman–Crippen LogP) is 4.23. The summed E-state index contributed by atoms with van der Waals surface area (Å²) in [6.07, 6.45) is 1.18. The van der Waals surface area contributed by atoms with Crippen LogP contribution in [0.3, 0.4) is 0 Å². The number of aliphatic hydroxyl groups excluding tert-OH is 1. The van der Waals surface area contributed by atoms with Crippen LogP contribution >= 0.6 is 7.75 Å². The molecule has 6 unspecified atom stereocenters. The summed E-state index contributed by atoms with van der Waals surface area (Å²) >= 11 is 0. The minimum absolute atomic E-state index is 0.00182. The van der Waals surface area contributed by atoms with E-state index in [2.05, 4.69) is 20.0 Å². The van der Waals surface area contributed by atoms with E-state index in [9.17, 15) is 9.67 Å². The lowest BCUT2D eigenvalue weighted by atomic mass is 9.97. The molecule has 0 bridgehead atoms. The number of hydrogen-bond donors (Lipinski definition) is 3. The molecule has 0 spiro atoms. The number of hydrogen-bond acceptors (Lipinski definition) is 11. The van der Waals surface area contributed by atoms with Gasteiger partial charge in [-0.3, -0.25) is 9.09 Å². The third-order valence-corrected chi connectivity index (χ3v) is 9.01. The van der Waals surface area contributed by atoms with Crippen molar-refractivity contribution in [3.63, 3.8) is 0 Å². The Kier molecular flexibility index (Phi) is 9.21. The SMILES string of the molecule is CCOc1nc(N)nc2c1ncn2C1OC(F)(COP(=O)(NC(C)COC2CCCC2)Oc2ccccc2)C(O)C1(C)F. The number of fused-ring (bicyclic) bond motifs is 1. The molecule has 5 rings (SSSR count). The molecule has 43 heavy (non-hydrogen) atoms. The predicted molar refractivity (Wildman–Crippen MR) is 152 cm³/mol. The lowest BCUT2D eigenvalue weighted by molar-refractivity contribution is -0.202. The highest BCUT2D eigenvalue weighted by atomic mass is 31.2. The van der Waals surface area contributed by atoms with Gasteiger partial charge in [-0.05, 0) is 45.7 Å². The summed E-state index contributed by atoms with van der Waals surface area (Å²) in [5.74, 6) is -3.12. The van der Waals surface area contributed by atoms with Gasteiger partial charge in [-0.25, -0.2) is 23.4 Å². The molecule has 0 amide bonds. The van der Waals surface area contributed by atoms with Gasteiger partial charge in [0.2, 0.25) is 11.8 Å². The summed E-state index contributed by atoms with van der Waals surface area (Å²) < 4.78 is 75.3. The van der Waals surface area contributed by atoms with Gasteiger partial charge >= 0.3 is 7.75 Å². The van der Waals surface area contributed by atoms with Crippen LogP contribution in [0.15, 0.2) is 36.7 Å². The molecule has 1 saturated heterocycles. The first-order chi connectivity index (χ1) is 20.4. The Morgan fingerprint density at radius 1 is 1.26 bits per heavy atom. The van der Waals surface area contributed by atoms with Crippen molar-refractivity contribution in [1.29, 1.82) is 0 Å². The molecule has 2 aliphatic rings. The molecule has 236 valence electrons. The van der Waals surface area contributed by atoms with Gasteiger partial charge in [-0.1, -0.05) is 31.0 Å². The fraction of sp³-hybridized carbons (Fsp3) is 0.593. The van der Waals surface area contributed by atoms with E-state index >= 15 is 8.78 Å².